The number of amides is 1. The molecule has 0 aromatic carbocycles. The molecule has 0 spiro atoms. The average Bonchev–Trinajstić information content (AvgIpc) is 3.29. The Bertz CT molecular complexity index is 1260. The van der Waals surface area contributed by atoms with Crippen LogP contribution < -0.4 is 5.32 Å². The largest absolute Gasteiger partial charge is 0.394 e. The van der Waals surface area contributed by atoms with E-state index in [1.807, 2.05) is 0 Å². The number of hydrogen-bond donors (Lipinski definition) is 9. The molecule has 64 heavy (non-hydrogen) atoms. The lowest BCUT2D eigenvalue weighted by molar-refractivity contribution is -0.359. The van der Waals surface area contributed by atoms with Crippen LogP contribution in [0.25, 0.3) is 0 Å². The molecule has 0 aromatic rings. The van der Waals surface area contributed by atoms with Crippen molar-refractivity contribution in [3.63, 3.8) is 0 Å². The smallest absolute Gasteiger partial charge is 0.220 e. The van der Waals surface area contributed by atoms with Gasteiger partial charge in [0.1, 0.15) is 48.8 Å². The molecule has 14 heteroatoms. The number of aliphatic hydroxyl groups excluding tert-OH is 8. The first kappa shape index (κ1) is 58.1. The van der Waals surface area contributed by atoms with E-state index in [0.29, 0.717) is 12.8 Å². The van der Waals surface area contributed by atoms with E-state index >= 15 is 0 Å². The molecule has 0 aromatic heterocycles. The zero-order valence-electron chi connectivity index (χ0n) is 39.3. The molecule has 0 radical (unpaired) electrons. The standard InChI is InChI=1S/C50H89NO13/c1-3-5-7-9-11-13-15-16-17-18-19-20-21-22-24-26-28-30-32-34-42(55)51-38(39(54)33-31-29-27-25-23-14-12-10-8-6-4-2)37-61-49-47(60)45(58)48(41(36-53)63-49)64-50-46(59)44(57)43(56)40(35-52)62-50/h5,7,11,13,16-17,19-20,38-41,43-50,52-54,56-60H,3-4,6,8-10,12,14-15,18,21-37H2,1-2H3,(H,51,55)/b7-5-,13-11-,17-16-,20-19-. The predicted molar refractivity (Wildman–Crippen MR) is 249 cm³/mol. The molecular formula is C50H89NO13. The third-order valence-electron chi connectivity index (χ3n) is 12.1. The first-order valence-corrected chi connectivity index (χ1v) is 24.9. The van der Waals surface area contributed by atoms with Gasteiger partial charge >= 0.3 is 0 Å². The quantitative estimate of drug-likeness (QED) is 0.0254. The van der Waals surface area contributed by atoms with E-state index in [2.05, 4.69) is 67.8 Å². The summed E-state index contributed by atoms with van der Waals surface area (Å²) in [6, 6.07) is -0.836. The second kappa shape index (κ2) is 37.0. The summed E-state index contributed by atoms with van der Waals surface area (Å²) < 4.78 is 22.7. The van der Waals surface area contributed by atoms with Crippen molar-refractivity contribution in [2.75, 3.05) is 19.8 Å². The van der Waals surface area contributed by atoms with Gasteiger partial charge in [0.25, 0.3) is 0 Å². The van der Waals surface area contributed by atoms with Crippen molar-refractivity contribution in [2.24, 2.45) is 0 Å². The number of nitrogens with one attached hydrogen (secondary N) is 1. The van der Waals surface area contributed by atoms with Crippen LogP contribution in [-0.4, -0.2) is 140 Å². The predicted octanol–water partition coefficient (Wildman–Crippen LogP) is 6.10. The van der Waals surface area contributed by atoms with E-state index in [1.165, 1.54) is 44.9 Å². The average molecular weight is 912 g/mol. The van der Waals surface area contributed by atoms with E-state index in [0.717, 1.165) is 89.9 Å². The summed E-state index contributed by atoms with van der Waals surface area (Å²) in [6.45, 7) is 2.69. The third kappa shape index (κ3) is 24.1. The Morgan fingerprint density at radius 1 is 0.578 bits per heavy atom. The van der Waals surface area contributed by atoms with E-state index in [1.54, 1.807) is 0 Å². The maximum absolute atomic E-state index is 13.2. The van der Waals surface area contributed by atoms with Gasteiger partial charge in [-0.1, -0.05) is 159 Å². The first-order chi connectivity index (χ1) is 31.1. The van der Waals surface area contributed by atoms with Crippen LogP contribution in [0, 0.1) is 0 Å². The SMILES string of the molecule is CC/C=C\C/C=C\C/C=C\C/C=C\CCCCCCCCC(=O)NC(COC1OC(CO)C(OC2OC(CO)C(O)C(O)C2O)C(O)C1O)C(O)CCCCCCCCCCCCC. The van der Waals surface area contributed by atoms with Crippen molar-refractivity contribution in [2.45, 2.75) is 242 Å². The number of unbranched alkanes of at least 4 members (excludes halogenated alkanes) is 16. The summed E-state index contributed by atoms with van der Waals surface area (Å²) in [4.78, 5) is 13.2. The molecule has 1 amide bonds. The number of allylic oxidation sites excluding steroid dienone is 8. The van der Waals surface area contributed by atoms with Gasteiger partial charge in [0.05, 0.1) is 32.0 Å². The van der Waals surface area contributed by atoms with Gasteiger partial charge in [0.15, 0.2) is 12.6 Å². The molecule has 12 atom stereocenters. The summed E-state index contributed by atoms with van der Waals surface area (Å²) in [5.41, 5.74) is 0. The summed E-state index contributed by atoms with van der Waals surface area (Å²) in [5, 5.41) is 86.8. The Labute approximate surface area is 384 Å². The maximum Gasteiger partial charge on any atom is 0.220 e. The summed E-state index contributed by atoms with van der Waals surface area (Å²) in [6.07, 6.45) is 25.4. The summed E-state index contributed by atoms with van der Waals surface area (Å²) in [7, 11) is 0. The Kier molecular flexibility index (Phi) is 33.6. The summed E-state index contributed by atoms with van der Waals surface area (Å²) >= 11 is 0. The topological polar surface area (TPSA) is 228 Å². The second-order valence-electron chi connectivity index (χ2n) is 17.6. The second-order valence-corrected chi connectivity index (χ2v) is 17.6. The van der Waals surface area contributed by atoms with Crippen LogP contribution in [0.15, 0.2) is 48.6 Å². The van der Waals surface area contributed by atoms with Gasteiger partial charge in [-0.3, -0.25) is 4.79 Å². The molecule has 0 saturated carbocycles. The lowest BCUT2D eigenvalue weighted by Gasteiger charge is -2.46. The Morgan fingerprint density at radius 2 is 1.08 bits per heavy atom. The Morgan fingerprint density at radius 3 is 1.66 bits per heavy atom. The zero-order chi connectivity index (χ0) is 46.8. The fourth-order valence-corrected chi connectivity index (χ4v) is 7.99. The minimum Gasteiger partial charge on any atom is -0.394 e. The van der Waals surface area contributed by atoms with Crippen LogP contribution in [0.2, 0.25) is 0 Å². The van der Waals surface area contributed by atoms with Crippen molar-refractivity contribution in [3.05, 3.63) is 48.6 Å². The van der Waals surface area contributed by atoms with Gasteiger partial charge in [-0.05, 0) is 51.4 Å². The number of ether oxygens (including phenoxy) is 4. The number of rotatable bonds is 37. The van der Waals surface area contributed by atoms with Crippen molar-refractivity contribution in [3.8, 4) is 0 Å². The van der Waals surface area contributed by atoms with Crippen LogP contribution >= 0.6 is 0 Å². The van der Waals surface area contributed by atoms with Gasteiger partial charge in [0.2, 0.25) is 5.91 Å². The molecule has 9 N–H and O–H groups in total. The molecule has 12 unspecified atom stereocenters. The minimum atomic E-state index is -1.78. The van der Waals surface area contributed by atoms with Gasteiger partial charge < -0.3 is 65.1 Å². The molecule has 0 aliphatic carbocycles. The van der Waals surface area contributed by atoms with Crippen LogP contribution in [0.5, 0.6) is 0 Å². The van der Waals surface area contributed by atoms with E-state index < -0.39 is 86.8 Å². The van der Waals surface area contributed by atoms with Gasteiger partial charge in [-0.2, -0.15) is 0 Å². The molecule has 2 aliphatic rings. The molecule has 2 heterocycles. The molecule has 2 saturated heterocycles. The highest BCUT2D eigenvalue weighted by Gasteiger charge is 2.51. The molecule has 372 valence electrons. The van der Waals surface area contributed by atoms with Gasteiger partial charge in [0, 0.05) is 6.42 Å². The minimum absolute atomic E-state index is 0.225. The molecule has 2 rings (SSSR count). The highest BCUT2D eigenvalue weighted by molar-refractivity contribution is 5.76. The van der Waals surface area contributed by atoms with E-state index in [9.17, 15) is 45.6 Å². The molecule has 2 fully saturated rings. The number of carbonyl (C=O) groups is 1. The van der Waals surface area contributed by atoms with Crippen molar-refractivity contribution < 1.29 is 64.6 Å². The van der Waals surface area contributed by atoms with Crippen LogP contribution in [0.3, 0.4) is 0 Å². The van der Waals surface area contributed by atoms with Crippen LogP contribution in [0.4, 0.5) is 0 Å². The first-order valence-electron chi connectivity index (χ1n) is 24.9. The number of carbonyl (C=O) groups excluding carboxylic acids is 1. The van der Waals surface area contributed by atoms with Crippen LogP contribution in [0.1, 0.15) is 168 Å². The zero-order valence-corrected chi connectivity index (χ0v) is 39.3. The molecule has 14 nitrogen and oxygen atoms in total. The Balaban J connectivity index is 1.83. The maximum atomic E-state index is 13.2. The highest BCUT2D eigenvalue weighted by atomic mass is 16.7. The number of aliphatic hydroxyl groups is 8. The summed E-state index contributed by atoms with van der Waals surface area (Å²) in [5.74, 6) is -0.225. The Hall–Kier alpha value is -2.05. The fourth-order valence-electron chi connectivity index (χ4n) is 7.99. The molecule has 0 bridgehead atoms. The lowest BCUT2D eigenvalue weighted by Crippen LogP contribution is -2.65. The molecule has 2 aliphatic heterocycles. The fraction of sp³-hybridized carbons (Fsp3) is 0.820. The number of hydrogen-bond acceptors (Lipinski definition) is 13. The van der Waals surface area contributed by atoms with Gasteiger partial charge in [-0.25, -0.2) is 0 Å². The van der Waals surface area contributed by atoms with Crippen molar-refractivity contribution in [1.29, 1.82) is 0 Å². The molecular weight excluding hydrogens is 823 g/mol. The normalized spacial score (nSPS) is 27.7. The van der Waals surface area contributed by atoms with E-state index in [-0.39, 0.29) is 18.9 Å². The van der Waals surface area contributed by atoms with Crippen LogP contribution in [-0.2, 0) is 23.7 Å². The monoisotopic (exact) mass is 912 g/mol. The highest BCUT2D eigenvalue weighted by Crippen LogP contribution is 2.30. The third-order valence-corrected chi connectivity index (χ3v) is 12.1. The van der Waals surface area contributed by atoms with Crippen molar-refractivity contribution in [1.82, 2.24) is 5.32 Å². The van der Waals surface area contributed by atoms with E-state index in [4.69, 9.17) is 18.9 Å². The lowest BCUT2D eigenvalue weighted by atomic mass is 9.97. The van der Waals surface area contributed by atoms with Crippen molar-refractivity contribution >= 4 is 5.91 Å². The van der Waals surface area contributed by atoms with Gasteiger partial charge in [-0.15, -0.1) is 0 Å².